The Kier molecular flexibility index (Phi) is 5.99. The number of amides is 1. The lowest BCUT2D eigenvalue weighted by molar-refractivity contribution is 0.0950. The summed E-state index contributed by atoms with van der Waals surface area (Å²) in [6.45, 7) is 4.67. The van der Waals surface area contributed by atoms with E-state index in [1.54, 1.807) is 12.3 Å². The van der Waals surface area contributed by atoms with Crippen molar-refractivity contribution in [2.24, 2.45) is 5.10 Å². The fourth-order valence-corrected chi connectivity index (χ4v) is 2.54. The molecule has 1 aromatic heterocycles. The molecule has 0 aliphatic heterocycles. The lowest BCUT2D eigenvalue weighted by atomic mass is 10.1. The lowest BCUT2D eigenvalue weighted by Crippen LogP contribution is -2.17. The second-order valence-electron chi connectivity index (χ2n) is 5.92. The summed E-state index contributed by atoms with van der Waals surface area (Å²) in [4.78, 5) is 12.2. The molecule has 0 fully saturated rings. The van der Waals surface area contributed by atoms with E-state index in [4.69, 9.17) is 4.74 Å². The first-order chi connectivity index (χ1) is 13.2. The highest BCUT2D eigenvalue weighted by Gasteiger charge is 2.10. The maximum absolute atomic E-state index is 12.2. The molecule has 0 unspecified atom stereocenters. The molecule has 0 spiro atoms. The number of nitrogens with zero attached hydrogens (tertiary/aromatic N) is 2. The van der Waals surface area contributed by atoms with Crippen molar-refractivity contribution in [3.63, 3.8) is 0 Å². The number of aromatic nitrogens is 2. The molecular weight excluding hydrogens is 340 g/mol. The minimum absolute atomic E-state index is 0.346. The Labute approximate surface area is 158 Å². The Morgan fingerprint density at radius 3 is 2.56 bits per heavy atom. The zero-order valence-electron chi connectivity index (χ0n) is 15.4. The van der Waals surface area contributed by atoms with Gasteiger partial charge in [-0.25, -0.2) is 5.43 Å². The van der Waals surface area contributed by atoms with Gasteiger partial charge in [0.2, 0.25) is 0 Å². The molecule has 0 aliphatic carbocycles. The van der Waals surface area contributed by atoms with E-state index in [1.165, 1.54) is 5.56 Å². The van der Waals surface area contributed by atoms with Crippen LogP contribution >= 0.6 is 0 Å². The van der Waals surface area contributed by atoms with Gasteiger partial charge in [0.25, 0.3) is 5.91 Å². The normalized spacial score (nSPS) is 10.9. The predicted molar refractivity (Wildman–Crippen MR) is 106 cm³/mol. The van der Waals surface area contributed by atoms with Gasteiger partial charge in [0.15, 0.2) is 0 Å². The molecule has 27 heavy (non-hydrogen) atoms. The Balaban J connectivity index is 1.60. The summed E-state index contributed by atoms with van der Waals surface area (Å²) in [5.74, 6) is 0.455. The summed E-state index contributed by atoms with van der Waals surface area (Å²) in [7, 11) is 0. The molecule has 2 aromatic carbocycles. The van der Waals surface area contributed by atoms with Crippen LogP contribution in [0.25, 0.3) is 11.3 Å². The van der Waals surface area contributed by atoms with Crippen LogP contribution in [0.4, 0.5) is 0 Å². The molecule has 0 saturated heterocycles. The summed E-state index contributed by atoms with van der Waals surface area (Å²) >= 11 is 0. The van der Waals surface area contributed by atoms with Crippen molar-refractivity contribution in [2.75, 3.05) is 6.61 Å². The highest BCUT2D eigenvalue weighted by molar-refractivity contribution is 5.94. The third-order valence-electron chi connectivity index (χ3n) is 4.05. The van der Waals surface area contributed by atoms with Gasteiger partial charge in [-0.05, 0) is 54.8 Å². The average Bonchev–Trinajstić information content (AvgIpc) is 3.20. The van der Waals surface area contributed by atoms with Crippen LogP contribution in [0.5, 0.6) is 5.75 Å². The van der Waals surface area contributed by atoms with Gasteiger partial charge < -0.3 is 4.74 Å². The van der Waals surface area contributed by atoms with Crippen LogP contribution in [-0.4, -0.2) is 28.9 Å². The summed E-state index contributed by atoms with van der Waals surface area (Å²) in [6.07, 6.45) is 2.56. The maximum atomic E-state index is 12.2. The van der Waals surface area contributed by atoms with Crippen LogP contribution in [0.3, 0.4) is 0 Å². The van der Waals surface area contributed by atoms with E-state index >= 15 is 0 Å². The summed E-state index contributed by atoms with van der Waals surface area (Å²) in [6, 6.07) is 17.3. The first-order valence-electron chi connectivity index (χ1n) is 8.90. The molecule has 0 aliphatic rings. The molecule has 0 saturated carbocycles. The van der Waals surface area contributed by atoms with Crippen LogP contribution in [-0.2, 0) is 6.42 Å². The Hall–Kier alpha value is -3.41. The third kappa shape index (κ3) is 4.82. The zero-order valence-corrected chi connectivity index (χ0v) is 15.4. The number of hydrogen-bond donors (Lipinski definition) is 2. The minimum atomic E-state index is -0.346. The van der Waals surface area contributed by atoms with Crippen molar-refractivity contribution >= 4 is 12.1 Å². The molecule has 1 amide bonds. The summed E-state index contributed by atoms with van der Waals surface area (Å²) in [5, 5.41) is 10.9. The number of hydrazone groups is 1. The Bertz CT molecular complexity index is 912. The number of H-pyrrole nitrogens is 1. The summed E-state index contributed by atoms with van der Waals surface area (Å²) < 4.78 is 5.39. The van der Waals surface area contributed by atoms with Crippen molar-refractivity contribution in [3.8, 4) is 17.0 Å². The van der Waals surface area contributed by atoms with Gasteiger partial charge in [0, 0.05) is 5.56 Å². The zero-order chi connectivity index (χ0) is 19.1. The number of aromatic amines is 1. The SMILES string of the molecule is CCOc1ccc(C=NNC(=O)c2cc(-c3ccc(CC)cc3)n[nH]2)cc1. The van der Waals surface area contributed by atoms with E-state index in [0.29, 0.717) is 12.3 Å². The van der Waals surface area contributed by atoms with Crippen LogP contribution in [0.15, 0.2) is 59.7 Å². The molecule has 3 aromatic rings. The Morgan fingerprint density at radius 1 is 1.15 bits per heavy atom. The second kappa shape index (κ2) is 8.80. The van der Waals surface area contributed by atoms with E-state index < -0.39 is 0 Å². The number of carbonyl (C=O) groups is 1. The molecule has 138 valence electrons. The Morgan fingerprint density at radius 2 is 1.89 bits per heavy atom. The van der Waals surface area contributed by atoms with Crippen molar-refractivity contribution in [1.82, 2.24) is 15.6 Å². The van der Waals surface area contributed by atoms with Gasteiger partial charge in [-0.3, -0.25) is 9.89 Å². The quantitative estimate of drug-likeness (QED) is 0.495. The van der Waals surface area contributed by atoms with E-state index in [2.05, 4.69) is 39.8 Å². The molecule has 1 heterocycles. The number of carbonyl (C=O) groups excluding carboxylic acids is 1. The van der Waals surface area contributed by atoms with Gasteiger partial charge in [-0.2, -0.15) is 10.2 Å². The number of benzene rings is 2. The molecule has 2 N–H and O–H groups in total. The van der Waals surface area contributed by atoms with E-state index in [9.17, 15) is 4.79 Å². The highest BCUT2D eigenvalue weighted by Crippen LogP contribution is 2.18. The van der Waals surface area contributed by atoms with Crippen molar-refractivity contribution < 1.29 is 9.53 Å². The van der Waals surface area contributed by atoms with Gasteiger partial charge in [-0.15, -0.1) is 0 Å². The number of aryl methyl sites for hydroxylation is 1. The molecule has 0 radical (unpaired) electrons. The van der Waals surface area contributed by atoms with Crippen LogP contribution in [0.2, 0.25) is 0 Å². The number of ether oxygens (including phenoxy) is 1. The highest BCUT2D eigenvalue weighted by atomic mass is 16.5. The van der Waals surface area contributed by atoms with Crippen LogP contribution < -0.4 is 10.2 Å². The standard InChI is InChI=1S/C21H22N4O2/c1-3-15-5-9-17(10-6-15)19-13-20(24-23-19)21(26)25-22-14-16-7-11-18(12-8-16)27-4-2/h5-14H,3-4H2,1-2H3,(H,23,24)(H,25,26). The van der Waals surface area contributed by atoms with Crippen LogP contribution in [0.1, 0.15) is 35.5 Å². The largest absolute Gasteiger partial charge is 0.494 e. The first-order valence-corrected chi connectivity index (χ1v) is 8.90. The fraction of sp³-hybridized carbons (Fsp3) is 0.190. The smallest absolute Gasteiger partial charge is 0.289 e. The van der Waals surface area contributed by atoms with Gasteiger partial charge in [0.05, 0.1) is 18.5 Å². The molecule has 3 rings (SSSR count). The van der Waals surface area contributed by atoms with Gasteiger partial charge in [-0.1, -0.05) is 31.2 Å². The van der Waals surface area contributed by atoms with Crippen molar-refractivity contribution in [1.29, 1.82) is 0 Å². The minimum Gasteiger partial charge on any atom is -0.494 e. The van der Waals surface area contributed by atoms with Crippen LogP contribution in [0, 0.1) is 0 Å². The third-order valence-corrected chi connectivity index (χ3v) is 4.05. The van der Waals surface area contributed by atoms with Crippen molar-refractivity contribution in [3.05, 3.63) is 71.4 Å². The van der Waals surface area contributed by atoms with E-state index in [-0.39, 0.29) is 5.91 Å². The van der Waals surface area contributed by atoms with Crippen molar-refractivity contribution in [2.45, 2.75) is 20.3 Å². The van der Waals surface area contributed by atoms with Gasteiger partial charge in [0.1, 0.15) is 11.4 Å². The molecule has 6 nitrogen and oxygen atoms in total. The second-order valence-corrected chi connectivity index (χ2v) is 5.92. The molecule has 0 atom stereocenters. The van der Waals surface area contributed by atoms with E-state index in [1.807, 2.05) is 43.3 Å². The number of nitrogens with one attached hydrogen (secondary N) is 2. The molecule has 0 bridgehead atoms. The molecular formula is C21H22N4O2. The average molecular weight is 362 g/mol. The first kappa shape index (κ1) is 18.4. The summed E-state index contributed by atoms with van der Waals surface area (Å²) in [5.41, 5.74) is 6.65. The number of rotatable bonds is 7. The topological polar surface area (TPSA) is 79.4 Å². The fourth-order valence-electron chi connectivity index (χ4n) is 2.54. The lowest BCUT2D eigenvalue weighted by Gasteiger charge is -2.02. The van der Waals surface area contributed by atoms with Gasteiger partial charge >= 0.3 is 0 Å². The maximum Gasteiger partial charge on any atom is 0.289 e. The number of hydrogen-bond acceptors (Lipinski definition) is 4. The van der Waals surface area contributed by atoms with E-state index in [0.717, 1.165) is 29.0 Å². The monoisotopic (exact) mass is 362 g/mol. The molecule has 6 heteroatoms. The predicted octanol–water partition coefficient (Wildman–Crippen LogP) is 3.80.